The zero-order chi connectivity index (χ0) is 15.6. The number of nitrogens with one attached hydrogen (secondary N) is 1. The van der Waals surface area contributed by atoms with E-state index in [2.05, 4.69) is 10.3 Å². The summed E-state index contributed by atoms with van der Waals surface area (Å²) in [5, 5.41) is 13.0. The lowest BCUT2D eigenvalue weighted by Crippen LogP contribution is -2.12. The van der Waals surface area contributed by atoms with E-state index in [0.29, 0.717) is 0 Å². The number of benzene rings is 1. The maximum atomic E-state index is 13.3. The summed E-state index contributed by atoms with van der Waals surface area (Å²) in [5.41, 5.74) is -0.446. The zero-order valence-corrected chi connectivity index (χ0v) is 11.7. The first-order chi connectivity index (χ1) is 9.85. The van der Waals surface area contributed by atoms with Crippen molar-refractivity contribution in [1.29, 1.82) is 0 Å². The lowest BCUT2D eigenvalue weighted by atomic mass is 10.2. The van der Waals surface area contributed by atoms with Crippen molar-refractivity contribution in [3.63, 3.8) is 0 Å². The Morgan fingerprint density at radius 1 is 1.19 bits per heavy atom. The second-order valence-electron chi connectivity index (χ2n) is 3.91. The highest BCUT2D eigenvalue weighted by atomic mass is 35.5. The Labute approximate surface area is 127 Å². The number of rotatable bonds is 3. The molecule has 0 bridgehead atoms. The van der Waals surface area contributed by atoms with Crippen molar-refractivity contribution in [1.82, 2.24) is 4.98 Å². The van der Waals surface area contributed by atoms with Gasteiger partial charge in [-0.05, 0) is 18.2 Å². The van der Waals surface area contributed by atoms with Gasteiger partial charge in [0, 0.05) is 11.6 Å². The first-order valence-electron chi connectivity index (χ1n) is 5.44. The van der Waals surface area contributed by atoms with Crippen LogP contribution in [-0.4, -0.2) is 15.8 Å². The quantitative estimate of drug-likeness (QED) is 0.528. The number of carbonyl (C=O) groups excluding carboxylic acids is 1. The number of halogens is 3. The molecule has 1 aromatic carbocycles. The van der Waals surface area contributed by atoms with E-state index in [1.807, 2.05) is 0 Å². The van der Waals surface area contributed by atoms with Gasteiger partial charge in [0.15, 0.2) is 0 Å². The van der Waals surface area contributed by atoms with Crippen molar-refractivity contribution < 1.29 is 14.1 Å². The van der Waals surface area contributed by atoms with Gasteiger partial charge < -0.3 is 5.32 Å². The van der Waals surface area contributed by atoms with Crippen LogP contribution in [0.3, 0.4) is 0 Å². The summed E-state index contributed by atoms with van der Waals surface area (Å²) in [7, 11) is 0. The molecule has 21 heavy (non-hydrogen) atoms. The number of pyridine rings is 1. The van der Waals surface area contributed by atoms with Crippen molar-refractivity contribution >= 4 is 40.5 Å². The summed E-state index contributed by atoms with van der Waals surface area (Å²) in [6.45, 7) is 0. The van der Waals surface area contributed by atoms with E-state index in [0.717, 1.165) is 18.2 Å². The molecule has 2 aromatic rings. The standard InChI is InChI=1S/C12H6Cl2FN3O3/c13-10-1-6(2-11(14)17-10)12(19)16-8-3-7(15)4-9(5-8)18(20)21/h1-5H,(H,16,19). The number of amides is 1. The van der Waals surface area contributed by atoms with Crippen molar-refractivity contribution in [2.24, 2.45) is 0 Å². The maximum Gasteiger partial charge on any atom is 0.274 e. The maximum absolute atomic E-state index is 13.3. The van der Waals surface area contributed by atoms with E-state index < -0.39 is 22.3 Å². The second-order valence-corrected chi connectivity index (χ2v) is 4.69. The molecule has 0 unspecified atom stereocenters. The number of hydrogen-bond acceptors (Lipinski definition) is 4. The number of hydrogen-bond donors (Lipinski definition) is 1. The van der Waals surface area contributed by atoms with Gasteiger partial charge in [-0.3, -0.25) is 14.9 Å². The van der Waals surface area contributed by atoms with Gasteiger partial charge in [0.1, 0.15) is 16.1 Å². The van der Waals surface area contributed by atoms with Gasteiger partial charge >= 0.3 is 0 Å². The van der Waals surface area contributed by atoms with E-state index in [-0.39, 0.29) is 21.6 Å². The molecule has 0 aliphatic rings. The van der Waals surface area contributed by atoms with Gasteiger partial charge in [0.25, 0.3) is 11.6 Å². The molecule has 6 nitrogen and oxygen atoms in total. The average molecular weight is 330 g/mol. The highest BCUT2D eigenvalue weighted by Gasteiger charge is 2.13. The molecule has 0 saturated heterocycles. The van der Waals surface area contributed by atoms with Crippen LogP contribution in [0.25, 0.3) is 0 Å². The molecular weight excluding hydrogens is 324 g/mol. The number of nitro groups is 1. The van der Waals surface area contributed by atoms with Crippen LogP contribution in [0, 0.1) is 15.9 Å². The molecule has 1 heterocycles. The van der Waals surface area contributed by atoms with Gasteiger partial charge in [0.05, 0.1) is 16.7 Å². The first-order valence-corrected chi connectivity index (χ1v) is 6.20. The molecule has 1 amide bonds. The SMILES string of the molecule is O=C(Nc1cc(F)cc([N+](=O)[O-])c1)c1cc(Cl)nc(Cl)c1. The van der Waals surface area contributed by atoms with Crippen LogP contribution < -0.4 is 5.32 Å². The van der Waals surface area contributed by atoms with Crippen LogP contribution in [0.4, 0.5) is 15.8 Å². The van der Waals surface area contributed by atoms with E-state index in [9.17, 15) is 19.3 Å². The third-order valence-corrected chi connectivity index (χ3v) is 2.76. The van der Waals surface area contributed by atoms with Crippen LogP contribution in [0.1, 0.15) is 10.4 Å². The third-order valence-electron chi connectivity index (χ3n) is 2.38. The average Bonchev–Trinajstić information content (AvgIpc) is 2.36. The fourth-order valence-corrected chi connectivity index (χ4v) is 2.01. The fourth-order valence-electron chi connectivity index (χ4n) is 1.55. The second kappa shape index (κ2) is 6.02. The number of non-ortho nitro benzene ring substituents is 1. The predicted octanol–water partition coefficient (Wildman–Crippen LogP) is 3.69. The molecule has 0 fully saturated rings. The van der Waals surface area contributed by atoms with Crippen molar-refractivity contribution in [2.75, 3.05) is 5.32 Å². The third kappa shape index (κ3) is 3.87. The van der Waals surface area contributed by atoms with Crippen LogP contribution in [0.2, 0.25) is 10.3 Å². The summed E-state index contributed by atoms with van der Waals surface area (Å²) in [4.78, 5) is 25.5. The molecule has 9 heteroatoms. The minimum Gasteiger partial charge on any atom is -0.322 e. The number of aromatic nitrogens is 1. The van der Waals surface area contributed by atoms with E-state index >= 15 is 0 Å². The first kappa shape index (κ1) is 15.1. The summed E-state index contributed by atoms with van der Waals surface area (Å²) >= 11 is 11.3. The monoisotopic (exact) mass is 329 g/mol. The lowest BCUT2D eigenvalue weighted by molar-refractivity contribution is -0.385. The fraction of sp³-hybridized carbons (Fsp3) is 0. The molecule has 1 aromatic heterocycles. The van der Waals surface area contributed by atoms with Crippen molar-refractivity contribution in [3.05, 3.63) is 62.1 Å². The van der Waals surface area contributed by atoms with Crippen LogP contribution in [0.15, 0.2) is 30.3 Å². The Kier molecular flexibility index (Phi) is 4.35. The topological polar surface area (TPSA) is 85.1 Å². The highest BCUT2D eigenvalue weighted by Crippen LogP contribution is 2.21. The molecule has 1 N–H and O–H groups in total. The Bertz CT molecular complexity index is 719. The smallest absolute Gasteiger partial charge is 0.274 e. The minimum absolute atomic E-state index is 0.0119. The van der Waals surface area contributed by atoms with Crippen molar-refractivity contribution in [2.45, 2.75) is 0 Å². The minimum atomic E-state index is -0.842. The van der Waals surface area contributed by atoms with Crippen LogP contribution in [-0.2, 0) is 0 Å². The van der Waals surface area contributed by atoms with Gasteiger partial charge in [-0.2, -0.15) is 0 Å². The van der Waals surface area contributed by atoms with Crippen LogP contribution in [0.5, 0.6) is 0 Å². The molecular formula is C12H6Cl2FN3O3. The molecule has 0 aliphatic heterocycles. The number of carbonyl (C=O) groups is 1. The summed E-state index contributed by atoms with van der Waals surface area (Å²) < 4.78 is 13.3. The largest absolute Gasteiger partial charge is 0.322 e. The molecule has 0 aliphatic carbocycles. The molecule has 2 rings (SSSR count). The normalized spacial score (nSPS) is 10.2. The predicted molar refractivity (Wildman–Crippen MR) is 75.3 cm³/mol. The summed E-state index contributed by atoms with van der Waals surface area (Å²) in [6.07, 6.45) is 0. The van der Waals surface area contributed by atoms with Crippen molar-refractivity contribution in [3.8, 4) is 0 Å². The van der Waals surface area contributed by atoms with Gasteiger partial charge in [0.2, 0.25) is 0 Å². The summed E-state index contributed by atoms with van der Waals surface area (Å²) in [6, 6.07) is 5.25. The molecule has 0 atom stereocenters. The Balaban J connectivity index is 2.29. The zero-order valence-electron chi connectivity index (χ0n) is 10.1. The number of nitro benzene ring substituents is 1. The molecule has 0 radical (unpaired) electrons. The van der Waals surface area contributed by atoms with Gasteiger partial charge in [-0.25, -0.2) is 9.37 Å². The number of nitrogens with zero attached hydrogens (tertiary/aromatic N) is 2. The molecule has 0 spiro atoms. The van der Waals surface area contributed by atoms with Crippen LogP contribution >= 0.6 is 23.2 Å². The molecule has 108 valence electrons. The molecule has 0 saturated carbocycles. The lowest BCUT2D eigenvalue weighted by Gasteiger charge is -2.06. The summed E-state index contributed by atoms with van der Waals surface area (Å²) in [5.74, 6) is -1.49. The van der Waals surface area contributed by atoms with Gasteiger partial charge in [-0.15, -0.1) is 0 Å². The number of anilines is 1. The highest BCUT2D eigenvalue weighted by molar-refractivity contribution is 6.33. The van der Waals surface area contributed by atoms with E-state index in [1.54, 1.807) is 0 Å². The van der Waals surface area contributed by atoms with E-state index in [1.165, 1.54) is 12.1 Å². The Morgan fingerprint density at radius 2 is 1.81 bits per heavy atom. The Morgan fingerprint density at radius 3 is 2.38 bits per heavy atom. The van der Waals surface area contributed by atoms with E-state index in [4.69, 9.17) is 23.2 Å². The Hall–Kier alpha value is -2.25. The van der Waals surface area contributed by atoms with Gasteiger partial charge in [-0.1, -0.05) is 23.2 Å².